The lowest BCUT2D eigenvalue weighted by molar-refractivity contribution is -0.117. The quantitative estimate of drug-likeness (QED) is 0.638. The molecule has 1 aliphatic heterocycles. The average Bonchev–Trinajstić information content (AvgIpc) is 3.01. The van der Waals surface area contributed by atoms with E-state index in [1.165, 1.54) is 19.2 Å². The van der Waals surface area contributed by atoms with Crippen LogP contribution in [0.2, 0.25) is 0 Å². The maximum Gasteiger partial charge on any atom is 0.347 e. The lowest BCUT2D eigenvalue weighted by Gasteiger charge is -2.16. The molecule has 5 nitrogen and oxygen atoms in total. The van der Waals surface area contributed by atoms with Crippen molar-refractivity contribution in [3.63, 3.8) is 0 Å². The molecule has 0 aliphatic carbocycles. The van der Waals surface area contributed by atoms with Crippen LogP contribution < -0.4 is 14.4 Å². The summed E-state index contributed by atoms with van der Waals surface area (Å²) in [5.74, 6) is -0.631. The minimum absolute atomic E-state index is 0.0105. The van der Waals surface area contributed by atoms with Crippen LogP contribution in [0.1, 0.15) is 23.2 Å². The fraction of sp³-hybridized carbons (Fsp3) is 0.222. The number of rotatable bonds is 4. The third-order valence-corrected chi connectivity index (χ3v) is 3.81. The maximum atomic E-state index is 13.3. The molecule has 0 atom stereocenters. The van der Waals surface area contributed by atoms with Crippen molar-refractivity contribution in [2.24, 2.45) is 0 Å². The molecule has 1 heterocycles. The topological polar surface area (TPSA) is 55.8 Å². The summed E-state index contributed by atoms with van der Waals surface area (Å²) in [5, 5.41) is 0. The predicted octanol–water partition coefficient (Wildman–Crippen LogP) is 3.18. The first-order valence-corrected chi connectivity index (χ1v) is 7.54. The first-order valence-electron chi connectivity index (χ1n) is 7.54. The number of esters is 1. The molecule has 0 unspecified atom stereocenters. The van der Waals surface area contributed by atoms with Crippen LogP contribution >= 0.6 is 0 Å². The summed E-state index contributed by atoms with van der Waals surface area (Å²) in [6.45, 7) is 0.693. The average molecular weight is 329 g/mol. The van der Waals surface area contributed by atoms with Gasteiger partial charge in [0.1, 0.15) is 22.9 Å². The molecule has 0 bridgehead atoms. The summed E-state index contributed by atoms with van der Waals surface area (Å²) in [4.78, 5) is 25.6. The molecular formula is C18H16FNO4. The van der Waals surface area contributed by atoms with E-state index in [0.29, 0.717) is 18.7 Å². The van der Waals surface area contributed by atoms with E-state index >= 15 is 0 Å². The monoisotopic (exact) mass is 329 g/mol. The molecule has 1 aliphatic rings. The fourth-order valence-corrected chi connectivity index (χ4v) is 2.62. The Morgan fingerprint density at radius 1 is 1.17 bits per heavy atom. The van der Waals surface area contributed by atoms with Crippen molar-refractivity contribution in [3.05, 3.63) is 53.8 Å². The van der Waals surface area contributed by atoms with E-state index in [4.69, 9.17) is 9.47 Å². The summed E-state index contributed by atoms with van der Waals surface area (Å²) < 4.78 is 23.6. The zero-order chi connectivity index (χ0) is 17.1. The van der Waals surface area contributed by atoms with Crippen molar-refractivity contribution in [3.8, 4) is 11.5 Å². The van der Waals surface area contributed by atoms with Gasteiger partial charge in [-0.1, -0.05) is 0 Å². The minimum Gasteiger partial charge on any atom is -0.496 e. The van der Waals surface area contributed by atoms with Crippen LogP contribution in [-0.4, -0.2) is 25.5 Å². The zero-order valence-electron chi connectivity index (χ0n) is 13.1. The van der Waals surface area contributed by atoms with E-state index in [2.05, 4.69) is 0 Å². The van der Waals surface area contributed by atoms with Crippen molar-refractivity contribution in [1.82, 2.24) is 0 Å². The van der Waals surface area contributed by atoms with E-state index in [0.717, 1.165) is 18.2 Å². The van der Waals surface area contributed by atoms with Crippen LogP contribution in [0.25, 0.3) is 0 Å². The number of hydrogen-bond donors (Lipinski definition) is 0. The molecule has 0 aromatic heterocycles. The van der Waals surface area contributed by atoms with Gasteiger partial charge < -0.3 is 14.4 Å². The summed E-state index contributed by atoms with van der Waals surface area (Å²) in [5.41, 5.74) is 0.775. The predicted molar refractivity (Wildman–Crippen MR) is 85.9 cm³/mol. The normalized spacial score (nSPS) is 13.9. The van der Waals surface area contributed by atoms with E-state index in [-0.39, 0.29) is 17.2 Å². The van der Waals surface area contributed by atoms with Crippen LogP contribution in [0.5, 0.6) is 11.5 Å². The second-order valence-corrected chi connectivity index (χ2v) is 5.38. The van der Waals surface area contributed by atoms with Gasteiger partial charge in [0.15, 0.2) is 0 Å². The largest absolute Gasteiger partial charge is 0.496 e. The summed E-state index contributed by atoms with van der Waals surface area (Å²) in [7, 11) is 1.39. The highest BCUT2D eigenvalue weighted by atomic mass is 19.1. The van der Waals surface area contributed by atoms with Gasteiger partial charge in [-0.15, -0.1) is 0 Å². The van der Waals surface area contributed by atoms with Gasteiger partial charge in [-0.2, -0.15) is 0 Å². The maximum absolute atomic E-state index is 13.3. The first kappa shape index (κ1) is 16.0. The van der Waals surface area contributed by atoms with Crippen LogP contribution in [-0.2, 0) is 4.79 Å². The minimum atomic E-state index is -0.712. The van der Waals surface area contributed by atoms with Gasteiger partial charge in [0, 0.05) is 18.7 Å². The molecule has 2 aromatic rings. The van der Waals surface area contributed by atoms with Gasteiger partial charge in [-0.3, -0.25) is 4.79 Å². The molecule has 24 heavy (non-hydrogen) atoms. The van der Waals surface area contributed by atoms with Gasteiger partial charge in [-0.25, -0.2) is 9.18 Å². The Morgan fingerprint density at radius 3 is 2.54 bits per heavy atom. The second kappa shape index (κ2) is 6.70. The third kappa shape index (κ3) is 3.22. The molecule has 3 rings (SSSR count). The summed E-state index contributed by atoms with van der Waals surface area (Å²) >= 11 is 0. The van der Waals surface area contributed by atoms with Crippen LogP contribution in [0, 0.1) is 5.82 Å². The lowest BCUT2D eigenvalue weighted by atomic mass is 10.2. The van der Waals surface area contributed by atoms with E-state index in [9.17, 15) is 14.0 Å². The molecule has 124 valence electrons. The number of nitrogens with zero attached hydrogens (tertiary/aromatic N) is 1. The third-order valence-electron chi connectivity index (χ3n) is 3.81. The van der Waals surface area contributed by atoms with Gasteiger partial charge >= 0.3 is 5.97 Å². The van der Waals surface area contributed by atoms with E-state index in [1.807, 2.05) is 0 Å². The highest BCUT2D eigenvalue weighted by molar-refractivity contribution is 5.96. The van der Waals surface area contributed by atoms with Crippen molar-refractivity contribution < 1.29 is 23.5 Å². The summed E-state index contributed by atoms with van der Waals surface area (Å²) in [6.07, 6.45) is 1.39. The lowest BCUT2D eigenvalue weighted by Crippen LogP contribution is -2.23. The smallest absolute Gasteiger partial charge is 0.347 e. The van der Waals surface area contributed by atoms with E-state index in [1.54, 1.807) is 29.2 Å². The molecule has 1 saturated heterocycles. The molecule has 0 spiro atoms. The Hall–Kier alpha value is -2.89. The molecule has 2 aromatic carbocycles. The Balaban J connectivity index is 1.75. The zero-order valence-corrected chi connectivity index (χ0v) is 13.1. The Morgan fingerprint density at radius 2 is 1.92 bits per heavy atom. The molecular weight excluding hydrogens is 313 g/mol. The number of methoxy groups -OCH3 is 1. The number of halogens is 1. The number of carbonyl (C=O) groups is 2. The van der Waals surface area contributed by atoms with Crippen molar-refractivity contribution in [2.75, 3.05) is 18.6 Å². The number of benzene rings is 2. The van der Waals surface area contributed by atoms with Crippen LogP contribution in [0.15, 0.2) is 42.5 Å². The van der Waals surface area contributed by atoms with Gasteiger partial charge in [0.2, 0.25) is 5.91 Å². The number of hydrogen-bond acceptors (Lipinski definition) is 4. The second-order valence-electron chi connectivity index (χ2n) is 5.38. The van der Waals surface area contributed by atoms with Gasteiger partial charge in [0.05, 0.1) is 7.11 Å². The number of anilines is 1. The standard InChI is InChI=1S/C18H16FNO4/c1-23-16-9-4-12(19)11-15(16)18(22)24-14-7-5-13(6-8-14)20-10-2-3-17(20)21/h4-9,11H,2-3,10H2,1H3. The van der Waals surface area contributed by atoms with Gasteiger partial charge in [0.25, 0.3) is 0 Å². The Kier molecular flexibility index (Phi) is 4.46. The van der Waals surface area contributed by atoms with Crippen molar-refractivity contribution >= 4 is 17.6 Å². The molecule has 6 heteroatoms. The summed E-state index contributed by atoms with van der Waals surface area (Å²) in [6, 6.07) is 10.3. The highest BCUT2D eigenvalue weighted by Crippen LogP contribution is 2.26. The highest BCUT2D eigenvalue weighted by Gasteiger charge is 2.22. The number of amides is 1. The Bertz CT molecular complexity index is 773. The van der Waals surface area contributed by atoms with Crippen LogP contribution in [0.4, 0.5) is 10.1 Å². The van der Waals surface area contributed by atoms with E-state index < -0.39 is 11.8 Å². The fourth-order valence-electron chi connectivity index (χ4n) is 2.62. The van der Waals surface area contributed by atoms with Gasteiger partial charge in [-0.05, 0) is 48.9 Å². The van der Waals surface area contributed by atoms with Crippen molar-refractivity contribution in [2.45, 2.75) is 12.8 Å². The van der Waals surface area contributed by atoms with Crippen LogP contribution in [0.3, 0.4) is 0 Å². The molecule has 1 amide bonds. The molecule has 1 fully saturated rings. The molecule has 0 N–H and O–H groups in total. The number of ether oxygens (including phenoxy) is 2. The first-order chi connectivity index (χ1) is 11.6. The Labute approximate surface area is 138 Å². The van der Waals surface area contributed by atoms with Crippen molar-refractivity contribution in [1.29, 1.82) is 0 Å². The SMILES string of the molecule is COc1ccc(F)cc1C(=O)Oc1ccc(N2CCCC2=O)cc1. The number of carbonyl (C=O) groups excluding carboxylic acids is 2. The molecule has 0 radical (unpaired) electrons. The molecule has 0 saturated carbocycles.